The van der Waals surface area contributed by atoms with Gasteiger partial charge < -0.3 is 19.7 Å². The van der Waals surface area contributed by atoms with E-state index in [9.17, 15) is 19.8 Å². The molecule has 6 nitrogen and oxygen atoms in total. The predicted molar refractivity (Wildman–Crippen MR) is 106 cm³/mol. The monoisotopic (exact) mass is 406 g/mol. The largest absolute Gasteiger partial charge is 0.393 e. The van der Waals surface area contributed by atoms with Crippen molar-refractivity contribution in [3.05, 3.63) is 11.6 Å². The number of carbonyl (C=O) groups excluding carboxylic acids is 2. The van der Waals surface area contributed by atoms with Gasteiger partial charge >= 0.3 is 0 Å². The van der Waals surface area contributed by atoms with Crippen molar-refractivity contribution in [3.8, 4) is 0 Å². The molecule has 6 heteroatoms. The van der Waals surface area contributed by atoms with Crippen LogP contribution in [0, 0.1) is 34.5 Å². The van der Waals surface area contributed by atoms with Crippen LogP contribution in [0.4, 0.5) is 0 Å². The molecule has 162 valence electrons. The highest BCUT2D eigenvalue weighted by molar-refractivity contribution is 5.95. The lowest BCUT2D eigenvalue weighted by Crippen LogP contribution is -2.58. The smallest absolute Gasteiger partial charge is 0.184 e. The van der Waals surface area contributed by atoms with Gasteiger partial charge in [-0.2, -0.15) is 0 Å². The molecule has 8 atom stereocenters. The molecule has 1 unspecified atom stereocenters. The van der Waals surface area contributed by atoms with E-state index in [1.807, 2.05) is 0 Å². The number of allylic oxidation sites excluding steroid dienone is 1. The molecule has 4 aliphatic carbocycles. The maximum absolute atomic E-state index is 12.5. The van der Waals surface area contributed by atoms with E-state index in [1.54, 1.807) is 13.2 Å². The molecule has 4 rings (SSSR count). The molecule has 0 aromatic rings. The molecule has 0 radical (unpaired) electrons. The molecule has 0 saturated heterocycles. The van der Waals surface area contributed by atoms with Gasteiger partial charge in [0.15, 0.2) is 11.6 Å². The Kier molecular flexibility index (Phi) is 5.52. The summed E-state index contributed by atoms with van der Waals surface area (Å²) in [6.07, 6.45) is 5.42. The number of fused-ring (bicyclic) bond motifs is 5. The van der Waals surface area contributed by atoms with Crippen LogP contribution in [-0.2, 0) is 19.1 Å². The molecule has 4 aliphatic rings. The van der Waals surface area contributed by atoms with Crippen molar-refractivity contribution in [1.29, 1.82) is 0 Å². The van der Waals surface area contributed by atoms with Gasteiger partial charge in [-0.3, -0.25) is 9.59 Å². The maximum atomic E-state index is 12.5. The number of carbonyl (C=O) groups is 2. The summed E-state index contributed by atoms with van der Waals surface area (Å²) in [5.41, 5.74) is 0.605. The van der Waals surface area contributed by atoms with Crippen LogP contribution in [0.3, 0.4) is 0 Å². The number of methoxy groups -OCH3 is 1. The van der Waals surface area contributed by atoms with Gasteiger partial charge in [-0.05, 0) is 73.2 Å². The Hall–Kier alpha value is -1.08. The van der Waals surface area contributed by atoms with E-state index in [4.69, 9.17) is 9.47 Å². The van der Waals surface area contributed by atoms with Gasteiger partial charge in [0.25, 0.3) is 0 Å². The van der Waals surface area contributed by atoms with Gasteiger partial charge in [0.2, 0.25) is 0 Å². The lowest BCUT2D eigenvalue weighted by Gasteiger charge is -2.60. The highest BCUT2D eigenvalue weighted by Crippen LogP contribution is 2.66. The molecule has 0 aromatic heterocycles. The fourth-order valence-corrected chi connectivity index (χ4v) is 7.66. The standard InChI is InChI=1S/C23H34O6/c1-22-10-20(29-12-28-3)17(25)8-13(22)4-5-14-15-6-7-16(19(27)11-24)23(15,2)9-18(26)21(14)22/h8,14-16,18,20-21,24,26H,4-7,9-12H2,1-3H3/t14-,15-,16+,18-,20?,21+,22-,23-/m0/s1. The zero-order chi connectivity index (χ0) is 21.0. The van der Waals surface area contributed by atoms with Gasteiger partial charge in [0, 0.05) is 13.0 Å². The number of aliphatic hydroxyl groups excluding tert-OH is 2. The van der Waals surface area contributed by atoms with Gasteiger partial charge in [0.05, 0.1) is 6.10 Å². The molecule has 3 fully saturated rings. The van der Waals surface area contributed by atoms with Crippen molar-refractivity contribution in [2.24, 2.45) is 34.5 Å². The third-order valence-corrected chi connectivity index (χ3v) is 8.84. The first kappa shape index (κ1) is 21.2. The van der Waals surface area contributed by atoms with Crippen molar-refractivity contribution in [3.63, 3.8) is 0 Å². The molecule has 0 aliphatic heterocycles. The van der Waals surface area contributed by atoms with E-state index in [2.05, 4.69) is 13.8 Å². The Bertz CT molecular complexity index is 716. The Morgan fingerprint density at radius 2 is 2.00 bits per heavy atom. The third-order valence-electron chi connectivity index (χ3n) is 8.84. The minimum Gasteiger partial charge on any atom is -0.393 e. The van der Waals surface area contributed by atoms with E-state index in [1.165, 1.54) is 0 Å². The van der Waals surface area contributed by atoms with Gasteiger partial charge in [0.1, 0.15) is 19.5 Å². The number of Topliss-reactive ketones (excluding diaryl/α,β-unsaturated/α-hetero) is 1. The Morgan fingerprint density at radius 3 is 2.69 bits per heavy atom. The normalized spacial score (nSPS) is 46.5. The van der Waals surface area contributed by atoms with Crippen LogP contribution in [-0.4, -0.2) is 54.5 Å². The molecule has 2 N–H and O–H groups in total. The van der Waals surface area contributed by atoms with Crippen molar-refractivity contribution in [1.82, 2.24) is 0 Å². The second-order valence-corrected chi connectivity index (χ2v) is 10.1. The van der Waals surface area contributed by atoms with Crippen LogP contribution >= 0.6 is 0 Å². The minimum absolute atomic E-state index is 0.00224. The second-order valence-electron chi connectivity index (χ2n) is 10.1. The number of hydrogen-bond acceptors (Lipinski definition) is 6. The minimum atomic E-state index is -0.532. The van der Waals surface area contributed by atoms with Crippen LogP contribution in [0.25, 0.3) is 0 Å². The van der Waals surface area contributed by atoms with Crippen LogP contribution in [0.1, 0.15) is 52.4 Å². The number of aliphatic hydroxyl groups is 2. The third kappa shape index (κ3) is 3.14. The summed E-state index contributed by atoms with van der Waals surface area (Å²) in [4.78, 5) is 24.9. The molecule has 0 amide bonds. The van der Waals surface area contributed by atoms with Crippen LogP contribution in [0.15, 0.2) is 11.6 Å². The van der Waals surface area contributed by atoms with Crippen molar-refractivity contribution in [2.75, 3.05) is 20.5 Å². The molecule has 0 bridgehead atoms. The highest BCUT2D eigenvalue weighted by atomic mass is 16.7. The summed E-state index contributed by atoms with van der Waals surface area (Å²) < 4.78 is 10.7. The van der Waals surface area contributed by atoms with Gasteiger partial charge in [-0.15, -0.1) is 0 Å². The lowest BCUT2D eigenvalue weighted by molar-refractivity contribution is -0.160. The summed E-state index contributed by atoms with van der Waals surface area (Å²) in [6.45, 7) is 3.99. The van der Waals surface area contributed by atoms with E-state index in [0.717, 1.165) is 31.3 Å². The summed E-state index contributed by atoms with van der Waals surface area (Å²) >= 11 is 0. The number of rotatable bonds is 5. The zero-order valence-electron chi connectivity index (χ0n) is 17.7. The fraction of sp³-hybridized carbons (Fsp3) is 0.826. The number of ketones is 2. The average Bonchev–Trinajstić information content (AvgIpc) is 3.02. The summed E-state index contributed by atoms with van der Waals surface area (Å²) in [5, 5.41) is 20.8. The first-order chi connectivity index (χ1) is 13.8. The quantitative estimate of drug-likeness (QED) is 0.681. The topological polar surface area (TPSA) is 93.1 Å². The molecular formula is C23H34O6. The molecule has 3 saturated carbocycles. The maximum Gasteiger partial charge on any atom is 0.184 e. The highest BCUT2D eigenvalue weighted by Gasteiger charge is 2.63. The molecular weight excluding hydrogens is 372 g/mol. The molecule has 0 heterocycles. The Morgan fingerprint density at radius 1 is 1.24 bits per heavy atom. The summed E-state index contributed by atoms with van der Waals surface area (Å²) in [5.74, 6) is 0.496. The van der Waals surface area contributed by atoms with Crippen LogP contribution in [0.2, 0.25) is 0 Å². The van der Waals surface area contributed by atoms with E-state index in [-0.39, 0.29) is 41.0 Å². The second kappa shape index (κ2) is 7.56. The molecule has 0 spiro atoms. The van der Waals surface area contributed by atoms with E-state index >= 15 is 0 Å². The first-order valence-electron chi connectivity index (χ1n) is 10.9. The fourth-order valence-electron chi connectivity index (χ4n) is 7.66. The van der Waals surface area contributed by atoms with Crippen molar-refractivity contribution >= 4 is 11.6 Å². The summed E-state index contributed by atoms with van der Waals surface area (Å²) in [7, 11) is 1.54. The summed E-state index contributed by atoms with van der Waals surface area (Å²) in [6, 6.07) is 0. The van der Waals surface area contributed by atoms with E-state index < -0.39 is 18.8 Å². The van der Waals surface area contributed by atoms with Crippen molar-refractivity contribution in [2.45, 2.75) is 64.6 Å². The number of hydrogen-bond donors (Lipinski definition) is 2. The lowest BCUT2D eigenvalue weighted by atomic mass is 9.45. The van der Waals surface area contributed by atoms with Crippen LogP contribution in [0.5, 0.6) is 0 Å². The van der Waals surface area contributed by atoms with Gasteiger partial charge in [-0.25, -0.2) is 0 Å². The van der Waals surface area contributed by atoms with E-state index in [0.29, 0.717) is 24.7 Å². The van der Waals surface area contributed by atoms with Crippen LogP contribution < -0.4 is 0 Å². The zero-order valence-corrected chi connectivity index (χ0v) is 17.7. The van der Waals surface area contributed by atoms with Crippen molar-refractivity contribution < 1.29 is 29.3 Å². The van der Waals surface area contributed by atoms with Gasteiger partial charge in [-0.1, -0.05) is 19.4 Å². The Balaban J connectivity index is 1.65. The predicted octanol–water partition coefficient (Wildman–Crippen LogP) is 2.27. The number of ether oxygens (including phenoxy) is 2. The Labute approximate surface area is 172 Å². The molecule has 29 heavy (non-hydrogen) atoms. The molecule has 0 aromatic carbocycles. The first-order valence-corrected chi connectivity index (χ1v) is 10.9. The average molecular weight is 407 g/mol. The SMILES string of the molecule is COCOC1C[C@@]2(C)C(=CC1=O)CC[C@@H]1[C@@H]2[C@@H](O)C[C@]2(C)[C@@H](C(=O)CO)CC[C@@H]12.